The molecular formula is C31H35FNOSi+. The Balaban J connectivity index is 1.92. The summed E-state index contributed by atoms with van der Waals surface area (Å²) >= 11 is 0. The molecule has 0 spiro atoms. The predicted octanol–water partition coefficient (Wildman–Crippen LogP) is 7.73. The van der Waals surface area contributed by atoms with Crippen molar-refractivity contribution in [3.05, 3.63) is 71.0 Å². The van der Waals surface area contributed by atoms with Crippen LogP contribution in [0.4, 0.5) is 4.39 Å². The second-order valence-corrected chi connectivity index (χ2v) is 16.6. The molecule has 180 valence electrons. The molecule has 3 aromatic carbocycles. The molecule has 4 heteroatoms. The largest absolute Gasteiger partial charge is 0.455 e. The van der Waals surface area contributed by atoms with Crippen molar-refractivity contribution < 1.29 is 13.4 Å². The highest BCUT2D eigenvalue weighted by Gasteiger charge is 2.29. The molecule has 0 aliphatic carbocycles. The summed E-state index contributed by atoms with van der Waals surface area (Å²) in [6.07, 6.45) is 1.06. The highest BCUT2D eigenvalue weighted by Crippen LogP contribution is 2.39. The van der Waals surface area contributed by atoms with E-state index in [-0.39, 0.29) is 5.82 Å². The van der Waals surface area contributed by atoms with Gasteiger partial charge in [0.15, 0.2) is 0 Å². The zero-order valence-electron chi connectivity index (χ0n) is 22.1. The topological polar surface area (TPSA) is 17.0 Å². The highest BCUT2D eigenvalue weighted by atomic mass is 28.3. The van der Waals surface area contributed by atoms with E-state index in [2.05, 4.69) is 89.3 Å². The van der Waals surface area contributed by atoms with E-state index in [9.17, 15) is 4.39 Å². The van der Waals surface area contributed by atoms with Crippen molar-refractivity contribution in [1.82, 2.24) is 0 Å². The van der Waals surface area contributed by atoms with Crippen LogP contribution < -0.4 is 9.75 Å². The molecule has 0 aliphatic heterocycles. The summed E-state index contributed by atoms with van der Waals surface area (Å²) in [4.78, 5) is 0. The number of hydrogen-bond donors (Lipinski definition) is 0. The number of pyridine rings is 1. The van der Waals surface area contributed by atoms with Crippen LogP contribution in [0, 0.1) is 25.6 Å². The summed E-state index contributed by atoms with van der Waals surface area (Å²) in [5.74, 6) is 0.327. The van der Waals surface area contributed by atoms with Crippen molar-refractivity contribution in [3.63, 3.8) is 0 Å². The molecule has 0 radical (unpaired) electrons. The first kappa shape index (κ1) is 23.7. The molecule has 0 bridgehead atoms. The highest BCUT2D eigenvalue weighted by molar-refractivity contribution is 6.90. The zero-order valence-corrected chi connectivity index (χ0v) is 23.1. The van der Waals surface area contributed by atoms with E-state index in [1.807, 2.05) is 6.07 Å². The molecule has 0 saturated heterocycles. The van der Waals surface area contributed by atoms with Gasteiger partial charge in [-0.2, -0.15) is 4.57 Å². The average molecular weight is 485 g/mol. The van der Waals surface area contributed by atoms with Gasteiger partial charge in [-0.05, 0) is 72.3 Å². The SMILES string of the molecule is Cc1cc2c(oc3cc(F)ccc32)c(-c2cc([Si](C)(C)C)c3ccc(CC(C)C)cc3[n+]2C)c1C. The van der Waals surface area contributed by atoms with Gasteiger partial charge in [0.05, 0.1) is 13.6 Å². The van der Waals surface area contributed by atoms with Crippen molar-refractivity contribution in [3.8, 4) is 11.3 Å². The Hall–Kier alpha value is -2.98. The molecule has 2 aromatic heterocycles. The summed E-state index contributed by atoms with van der Waals surface area (Å²) in [6.45, 7) is 16.1. The molecule has 0 saturated carbocycles. The summed E-state index contributed by atoms with van der Waals surface area (Å²) < 4.78 is 22.8. The molecule has 0 N–H and O–H groups in total. The number of furan rings is 1. The third kappa shape index (κ3) is 3.98. The first-order valence-electron chi connectivity index (χ1n) is 12.5. The molecule has 0 aliphatic rings. The Kier molecular flexibility index (Phi) is 5.63. The van der Waals surface area contributed by atoms with Crippen molar-refractivity contribution >= 4 is 46.1 Å². The Morgan fingerprint density at radius 1 is 0.914 bits per heavy atom. The maximum absolute atomic E-state index is 14.0. The third-order valence-corrected chi connectivity index (χ3v) is 9.34. The van der Waals surface area contributed by atoms with Crippen LogP contribution >= 0.6 is 0 Å². The first-order chi connectivity index (χ1) is 16.5. The van der Waals surface area contributed by atoms with E-state index < -0.39 is 8.07 Å². The number of rotatable bonds is 4. The molecule has 0 fully saturated rings. The Morgan fingerprint density at radius 2 is 1.63 bits per heavy atom. The Bertz CT molecular complexity index is 1620. The minimum Gasteiger partial charge on any atom is -0.455 e. The quantitative estimate of drug-likeness (QED) is 0.188. The lowest BCUT2D eigenvalue weighted by Gasteiger charge is -2.21. The maximum atomic E-state index is 14.0. The second kappa shape index (κ2) is 8.30. The van der Waals surface area contributed by atoms with Crippen LogP contribution in [-0.2, 0) is 13.5 Å². The van der Waals surface area contributed by atoms with E-state index in [1.54, 1.807) is 0 Å². The van der Waals surface area contributed by atoms with E-state index in [4.69, 9.17) is 4.42 Å². The van der Waals surface area contributed by atoms with Crippen molar-refractivity contribution in [2.24, 2.45) is 13.0 Å². The summed E-state index contributed by atoms with van der Waals surface area (Å²) in [5, 5.41) is 4.80. The fraction of sp³-hybridized carbons (Fsp3) is 0.323. The molecule has 0 amide bonds. The van der Waals surface area contributed by atoms with Crippen molar-refractivity contribution in [2.45, 2.75) is 53.8 Å². The minimum absolute atomic E-state index is 0.276. The average Bonchev–Trinajstić information content (AvgIpc) is 3.11. The van der Waals surface area contributed by atoms with Crippen molar-refractivity contribution in [1.29, 1.82) is 0 Å². The summed E-state index contributed by atoms with van der Waals surface area (Å²) in [5.41, 5.74) is 8.73. The number of aryl methyl sites for hydroxylation is 2. The lowest BCUT2D eigenvalue weighted by molar-refractivity contribution is -0.633. The van der Waals surface area contributed by atoms with Gasteiger partial charge in [0.2, 0.25) is 11.2 Å². The van der Waals surface area contributed by atoms with Gasteiger partial charge < -0.3 is 4.42 Å². The molecule has 0 atom stereocenters. The maximum Gasteiger partial charge on any atom is 0.216 e. The van der Waals surface area contributed by atoms with E-state index >= 15 is 0 Å². The minimum atomic E-state index is -1.67. The Morgan fingerprint density at radius 3 is 2.31 bits per heavy atom. The van der Waals surface area contributed by atoms with Gasteiger partial charge in [0.25, 0.3) is 0 Å². The van der Waals surface area contributed by atoms with E-state index in [1.165, 1.54) is 44.9 Å². The molecule has 35 heavy (non-hydrogen) atoms. The summed E-state index contributed by atoms with van der Waals surface area (Å²) in [6, 6.07) is 16.4. The predicted molar refractivity (Wildman–Crippen MR) is 149 cm³/mol. The molecule has 5 rings (SSSR count). The van der Waals surface area contributed by atoms with Gasteiger partial charge >= 0.3 is 0 Å². The normalized spacial score (nSPS) is 12.5. The number of benzene rings is 3. The second-order valence-electron chi connectivity index (χ2n) is 11.5. The van der Waals surface area contributed by atoms with Gasteiger partial charge in [-0.1, -0.05) is 39.6 Å². The lowest BCUT2D eigenvalue weighted by Crippen LogP contribution is -2.43. The number of halogens is 1. The van der Waals surface area contributed by atoms with Crippen LogP contribution in [0.3, 0.4) is 0 Å². The fourth-order valence-electron chi connectivity index (χ4n) is 5.40. The van der Waals surface area contributed by atoms with E-state index in [0.29, 0.717) is 11.5 Å². The molecular weight excluding hydrogens is 449 g/mol. The number of aromatic nitrogens is 1. The monoisotopic (exact) mass is 484 g/mol. The number of hydrogen-bond acceptors (Lipinski definition) is 1. The fourth-order valence-corrected chi connectivity index (χ4v) is 6.99. The van der Waals surface area contributed by atoms with Gasteiger partial charge in [-0.15, -0.1) is 0 Å². The van der Waals surface area contributed by atoms with Crippen LogP contribution in [0.2, 0.25) is 19.6 Å². The standard InChI is InChI=1S/C31H35FNOSi/c1-18(2)13-21-9-11-24-26(15-21)33(5)27(17-29(24)35(6,7)8)30-20(4)19(3)14-25-23-12-10-22(32)16-28(23)34-31(25)30/h9-12,14-18H,13H2,1-8H3/q+1. The van der Waals surface area contributed by atoms with Crippen LogP contribution in [0.5, 0.6) is 0 Å². The van der Waals surface area contributed by atoms with Crippen LogP contribution in [0.1, 0.15) is 30.5 Å². The van der Waals surface area contributed by atoms with Gasteiger partial charge in [-0.3, -0.25) is 0 Å². The molecule has 0 unspecified atom stereocenters. The third-order valence-electron chi connectivity index (χ3n) is 7.31. The lowest BCUT2D eigenvalue weighted by atomic mass is 9.95. The smallest absolute Gasteiger partial charge is 0.216 e. The van der Waals surface area contributed by atoms with Gasteiger partial charge in [-0.25, -0.2) is 4.39 Å². The van der Waals surface area contributed by atoms with Crippen LogP contribution in [-0.4, -0.2) is 8.07 Å². The van der Waals surface area contributed by atoms with E-state index in [0.717, 1.165) is 34.0 Å². The van der Waals surface area contributed by atoms with Crippen molar-refractivity contribution in [2.75, 3.05) is 0 Å². The summed E-state index contributed by atoms with van der Waals surface area (Å²) in [7, 11) is 0.502. The zero-order chi connectivity index (χ0) is 25.2. The number of nitrogens with zero attached hydrogens (tertiary/aromatic N) is 1. The molecule has 2 nitrogen and oxygen atoms in total. The first-order valence-corrected chi connectivity index (χ1v) is 16.0. The van der Waals surface area contributed by atoms with Crippen LogP contribution in [0.15, 0.2) is 52.9 Å². The number of fused-ring (bicyclic) bond motifs is 4. The van der Waals surface area contributed by atoms with Crippen LogP contribution in [0.25, 0.3) is 44.1 Å². The van der Waals surface area contributed by atoms with Gasteiger partial charge in [0, 0.05) is 34.4 Å². The Labute approximate surface area is 208 Å². The molecule has 2 heterocycles. The van der Waals surface area contributed by atoms with Gasteiger partial charge in [0.1, 0.15) is 24.0 Å². The molecule has 5 aromatic rings.